The zero-order valence-electron chi connectivity index (χ0n) is 8.92. The molecule has 0 aliphatic rings. The minimum atomic E-state index is -4.59. The van der Waals surface area contributed by atoms with Gasteiger partial charge in [-0.3, -0.25) is 14.9 Å². The predicted molar refractivity (Wildman–Crippen MR) is 54.2 cm³/mol. The van der Waals surface area contributed by atoms with Gasteiger partial charge in [0.1, 0.15) is 0 Å². The zero-order valence-corrected chi connectivity index (χ0v) is 8.92. The van der Waals surface area contributed by atoms with E-state index in [-0.39, 0.29) is 0 Å². The Kier molecular flexibility index (Phi) is 4.07. The number of alkyl halides is 3. The Hall–Kier alpha value is -1.90. The topological polar surface area (TPSA) is 85.4 Å². The summed E-state index contributed by atoms with van der Waals surface area (Å²) < 4.78 is 37.1. The molecule has 0 spiro atoms. The van der Waals surface area contributed by atoms with Gasteiger partial charge < -0.3 is 9.67 Å². The maximum Gasteiger partial charge on any atom is 0.391 e. The van der Waals surface area contributed by atoms with Gasteiger partial charge in [0.15, 0.2) is 0 Å². The molecule has 0 aromatic carbocycles. The number of aromatic nitrogens is 1. The maximum atomic E-state index is 12.2. The number of hydrogen-bond donors (Lipinski definition) is 1. The van der Waals surface area contributed by atoms with Gasteiger partial charge >= 0.3 is 17.4 Å². The van der Waals surface area contributed by atoms with Gasteiger partial charge in [-0.05, 0) is 6.07 Å². The van der Waals surface area contributed by atoms with E-state index < -0.39 is 41.4 Å². The van der Waals surface area contributed by atoms with Crippen molar-refractivity contribution >= 4 is 5.69 Å². The molecule has 0 amide bonds. The van der Waals surface area contributed by atoms with E-state index >= 15 is 0 Å². The standard InChI is InChI=1S/C9H9F3N2O4/c10-9(11,12)4-6(5-15)13-3-1-2-7(8(13)16)14(17)18/h1-3,6,15H,4-5H2. The van der Waals surface area contributed by atoms with E-state index in [2.05, 4.69) is 0 Å². The summed E-state index contributed by atoms with van der Waals surface area (Å²) in [6, 6.07) is 0.400. The molecule has 1 aromatic rings. The lowest BCUT2D eigenvalue weighted by molar-refractivity contribution is -0.386. The van der Waals surface area contributed by atoms with E-state index in [1.807, 2.05) is 0 Å². The number of nitro groups is 1. The molecule has 0 aliphatic carbocycles. The fraction of sp³-hybridized carbons (Fsp3) is 0.444. The summed E-state index contributed by atoms with van der Waals surface area (Å²) in [4.78, 5) is 21.0. The van der Waals surface area contributed by atoms with Crippen molar-refractivity contribution in [3.8, 4) is 0 Å². The van der Waals surface area contributed by atoms with Crippen molar-refractivity contribution in [2.45, 2.75) is 18.6 Å². The molecule has 1 aromatic heterocycles. The van der Waals surface area contributed by atoms with Crippen molar-refractivity contribution in [3.63, 3.8) is 0 Å². The van der Waals surface area contributed by atoms with Gasteiger partial charge in [0.2, 0.25) is 0 Å². The van der Waals surface area contributed by atoms with Crippen molar-refractivity contribution in [2.75, 3.05) is 6.61 Å². The van der Waals surface area contributed by atoms with E-state index in [0.717, 1.165) is 18.3 Å². The van der Waals surface area contributed by atoms with Crippen LogP contribution in [0.2, 0.25) is 0 Å². The van der Waals surface area contributed by atoms with Crippen LogP contribution in [0.5, 0.6) is 0 Å². The molecule has 0 radical (unpaired) electrons. The van der Waals surface area contributed by atoms with E-state index in [0.29, 0.717) is 4.57 Å². The van der Waals surface area contributed by atoms with Crippen LogP contribution in [0.3, 0.4) is 0 Å². The smallest absolute Gasteiger partial charge is 0.391 e. The quantitative estimate of drug-likeness (QED) is 0.656. The molecule has 1 atom stereocenters. The van der Waals surface area contributed by atoms with E-state index in [1.165, 1.54) is 0 Å². The minimum Gasteiger partial charge on any atom is -0.394 e. The maximum absolute atomic E-state index is 12.2. The van der Waals surface area contributed by atoms with Gasteiger partial charge in [-0.2, -0.15) is 13.2 Å². The van der Waals surface area contributed by atoms with Crippen LogP contribution in [-0.2, 0) is 0 Å². The van der Waals surface area contributed by atoms with E-state index in [4.69, 9.17) is 5.11 Å². The van der Waals surface area contributed by atoms with Crippen LogP contribution < -0.4 is 5.56 Å². The number of aliphatic hydroxyl groups is 1. The number of pyridine rings is 1. The summed E-state index contributed by atoms with van der Waals surface area (Å²) in [5.74, 6) is 0. The first-order valence-electron chi connectivity index (χ1n) is 4.79. The fourth-order valence-electron chi connectivity index (χ4n) is 1.44. The Bertz CT molecular complexity index is 497. The molecular formula is C9H9F3N2O4. The second-order valence-corrected chi connectivity index (χ2v) is 3.52. The molecular weight excluding hydrogens is 257 g/mol. The van der Waals surface area contributed by atoms with Crippen LogP contribution in [0, 0.1) is 10.1 Å². The van der Waals surface area contributed by atoms with Crippen LogP contribution in [0.4, 0.5) is 18.9 Å². The SMILES string of the molecule is O=c1c([N+](=O)[O-])cccn1C(CO)CC(F)(F)F. The molecule has 0 bridgehead atoms. The van der Waals surface area contributed by atoms with Crippen molar-refractivity contribution in [1.29, 1.82) is 0 Å². The number of rotatable bonds is 4. The lowest BCUT2D eigenvalue weighted by Crippen LogP contribution is -2.31. The normalized spacial score (nSPS) is 13.3. The van der Waals surface area contributed by atoms with Crippen molar-refractivity contribution < 1.29 is 23.2 Å². The van der Waals surface area contributed by atoms with Crippen LogP contribution in [0.15, 0.2) is 23.1 Å². The Labute approximate surface area is 98.4 Å². The van der Waals surface area contributed by atoms with Crippen molar-refractivity contribution in [2.24, 2.45) is 0 Å². The number of hydrogen-bond acceptors (Lipinski definition) is 4. The van der Waals surface area contributed by atoms with Crippen LogP contribution in [0.1, 0.15) is 12.5 Å². The monoisotopic (exact) mass is 266 g/mol. The number of nitrogens with zero attached hydrogens (tertiary/aromatic N) is 2. The van der Waals surface area contributed by atoms with Crippen LogP contribution >= 0.6 is 0 Å². The summed E-state index contributed by atoms with van der Waals surface area (Å²) >= 11 is 0. The second-order valence-electron chi connectivity index (χ2n) is 3.52. The molecule has 0 saturated carbocycles. The first-order chi connectivity index (χ1) is 8.26. The van der Waals surface area contributed by atoms with Gasteiger partial charge in [-0.15, -0.1) is 0 Å². The van der Waals surface area contributed by atoms with Gasteiger partial charge in [0.25, 0.3) is 0 Å². The summed E-state index contributed by atoms with van der Waals surface area (Å²) in [5.41, 5.74) is -2.01. The predicted octanol–water partition coefficient (Wildman–Crippen LogP) is 1.24. The summed E-state index contributed by atoms with van der Waals surface area (Å²) in [5, 5.41) is 19.3. The molecule has 0 saturated heterocycles. The van der Waals surface area contributed by atoms with Crippen molar-refractivity contribution in [3.05, 3.63) is 38.8 Å². The highest BCUT2D eigenvalue weighted by atomic mass is 19.4. The molecule has 9 heteroatoms. The lowest BCUT2D eigenvalue weighted by atomic mass is 10.2. The van der Waals surface area contributed by atoms with E-state index in [1.54, 1.807) is 0 Å². The molecule has 0 aliphatic heterocycles. The molecule has 1 unspecified atom stereocenters. The molecule has 6 nitrogen and oxygen atoms in total. The molecule has 1 rings (SSSR count). The van der Waals surface area contributed by atoms with Crippen LogP contribution in [0.25, 0.3) is 0 Å². The third-order valence-electron chi connectivity index (χ3n) is 2.22. The Balaban J connectivity index is 3.19. The van der Waals surface area contributed by atoms with Gasteiger partial charge in [0.05, 0.1) is 24.0 Å². The van der Waals surface area contributed by atoms with Crippen LogP contribution in [-0.4, -0.2) is 27.4 Å². The summed E-state index contributed by atoms with van der Waals surface area (Å²) in [6.07, 6.45) is -5.05. The largest absolute Gasteiger partial charge is 0.394 e. The highest BCUT2D eigenvalue weighted by Crippen LogP contribution is 2.26. The molecule has 0 fully saturated rings. The molecule has 1 heterocycles. The molecule has 18 heavy (non-hydrogen) atoms. The fourth-order valence-corrected chi connectivity index (χ4v) is 1.44. The zero-order chi connectivity index (χ0) is 13.9. The third-order valence-corrected chi connectivity index (χ3v) is 2.22. The lowest BCUT2D eigenvalue weighted by Gasteiger charge is -2.18. The number of halogens is 3. The van der Waals surface area contributed by atoms with E-state index in [9.17, 15) is 28.1 Å². The van der Waals surface area contributed by atoms with Gasteiger partial charge in [-0.1, -0.05) is 0 Å². The first kappa shape index (κ1) is 14.2. The average Bonchev–Trinajstić information content (AvgIpc) is 2.25. The summed E-state index contributed by atoms with van der Waals surface area (Å²) in [6.45, 7) is -0.944. The highest BCUT2D eigenvalue weighted by molar-refractivity contribution is 5.25. The third kappa shape index (κ3) is 3.29. The minimum absolute atomic E-state index is 0.519. The van der Waals surface area contributed by atoms with Gasteiger partial charge in [-0.25, -0.2) is 0 Å². The molecule has 1 N–H and O–H groups in total. The average molecular weight is 266 g/mol. The van der Waals surface area contributed by atoms with Crippen molar-refractivity contribution in [1.82, 2.24) is 4.57 Å². The highest BCUT2D eigenvalue weighted by Gasteiger charge is 2.33. The number of aliphatic hydroxyl groups excluding tert-OH is 1. The second kappa shape index (κ2) is 5.17. The Morgan fingerprint density at radius 3 is 2.56 bits per heavy atom. The Morgan fingerprint density at radius 2 is 2.11 bits per heavy atom. The first-order valence-corrected chi connectivity index (χ1v) is 4.79. The Morgan fingerprint density at radius 1 is 1.50 bits per heavy atom. The van der Waals surface area contributed by atoms with Gasteiger partial charge in [0, 0.05) is 12.3 Å². The molecule has 100 valence electrons. The summed E-state index contributed by atoms with van der Waals surface area (Å²) in [7, 11) is 0.